The van der Waals surface area contributed by atoms with Crippen molar-refractivity contribution in [3.63, 3.8) is 0 Å². The standard InChI is InChI=1S/C24H27N5O2S/c1-16(23(31)26-19-14-12-17(13-15-19)21(25)30)32-24-27-22(18-8-4-2-5-9-18)29(28-24)20-10-6-3-7-11-20/h3,6-7,10-16,18H,2,4-5,8-9H2,1H3,(H2,25,30)(H,26,31)/t16-/m1/s1. The molecule has 2 amide bonds. The maximum atomic E-state index is 12.7. The number of thioether (sulfide) groups is 1. The summed E-state index contributed by atoms with van der Waals surface area (Å²) in [7, 11) is 0. The zero-order valence-corrected chi connectivity index (χ0v) is 18.8. The van der Waals surface area contributed by atoms with Gasteiger partial charge < -0.3 is 11.1 Å². The number of carbonyl (C=O) groups is 2. The second-order valence-corrected chi connectivity index (χ2v) is 9.33. The molecule has 8 heteroatoms. The van der Waals surface area contributed by atoms with Gasteiger partial charge in [-0.2, -0.15) is 0 Å². The maximum Gasteiger partial charge on any atom is 0.248 e. The van der Waals surface area contributed by atoms with E-state index in [1.165, 1.54) is 31.0 Å². The molecule has 0 unspecified atom stereocenters. The summed E-state index contributed by atoms with van der Waals surface area (Å²) in [6.45, 7) is 1.83. The average Bonchev–Trinajstić information content (AvgIpc) is 3.24. The number of nitrogens with one attached hydrogen (secondary N) is 1. The molecule has 0 spiro atoms. The Morgan fingerprint density at radius 3 is 2.41 bits per heavy atom. The first-order valence-electron chi connectivity index (χ1n) is 10.9. The predicted molar refractivity (Wildman–Crippen MR) is 126 cm³/mol. The zero-order valence-electron chi connectivity index (χ0n) is 18.0. The van der Waals surface area contributed by atoms with Gasteiger partial charge in [-0.25, -0.2) is 9.67 Å². The Labute approximate surface area is 191 Å². The summed E-state index contributed by atoms with van der Waals surface area (Å²) in [6.07, 6.45) is 5.93. The minimum absolute atomic E-state index is 0.155. The van der Waals surface area contributed by atoms with Crippen LogP contribution in [-0.2, 0) is 4.79 Å². The van der Waals surface area contributed by atoms with Crippen LogP contribution in [0, 0.1) is 0 Å². The minimum atomic E-state index is -0.499. The maximum absolute atomic E-state index is 12.7. The van der Waals surface area contributed by atoms with Crippen LogP contribution in [0.1, 0.15) is 61.1 Å². The number of nitrogens with zero attached hydrogens (tertiary/aromatic N) is 3. The van der Waals surface area contributed by atoms with Crippen molar-refractivity contribution in [3.8, 4) is 5.69 Å². The molecule has 1 aliphatic carbocycles. The molecule has 0 radical (unpaired) electrons. The molecule has 1 aromatic heterocycles. The zero-order chi connectivity index (χ0) is 22.5. The lowest BCUT2D eigenvalue weighted by atomic mass is 9.88. The Balaban J connectivity index is 1.49. The third kappa shape index (κ3) is 5.19. The Bertz CT molecular complexity index is 1080. The highest BCUT2D eigenvalue weighted by Crippen LogP contribution is 2.34. The highest BCUT2D eigenvalue weighted by molar-refractivity contribution is 8.00. The lowest BCUT2D eigenvalue weighted by Crippen LogP contribution is -2.22. The van der Waals surface area contributed by atoms with E-state index in [9.17, 15) is 9.59 Å². The number of hydrogen-bond donors (Lipinski definition) is 2. The first-order chi connectivity index (χ1) is 15.5. The van der Waals surface area contributed by atoms with Crippen LogP contribution < -0.4 is 11.1 Å². The lowest BCUT2D eigenvalue weighted by molar-refractivity contribution is -0.115. The van der Waals surface area contributed by atoms with E-state index in [0.717, 1.165) is 24.4 Å². The van der Waals surface area contributed by atoms with Gasteiger partial charge in [-0.3, -0.25) is 9.59 Å². The van der Waals surface area contributed by atoms with Gasteiger partial charge in [-0.15, -0.1) is 5.10 Å². The molecular formula is C24H27N5O2S. The van der Waals surface area contributed by atoms with Crippen molar-refractivity contribution >= 4 is 29.3 Å². The fourth-order valence-corrected chi connectivity index (χ4v) is 4.67. The van der Waals surface area contributed by atoms with Crippen LogP contribution in [0.15, 0.2) is 59.8 Å². The first kappa shape index (κ1) is 22.1. The summed E-state index contributed by atoms with van der Waals surface area (Å²) >= 11 is 1.34. The van der Waals surface area contributed by atoms with Crippen LogP contribution in [0.25, 0.3) is 5.69 Å². The van der Waals surface area contributed by atoms with Crippen molar-refractivity contribution in [1.29, 1.82) is 0 Å². The van der Waals surface area contributed by atoms with Gasteiger partial charge in [0.1, 0.15) is 5.82 Å². The summed E-state index contributed by atoms with van der Waals surface area (Å²) in [4.78, 5) is 28.8. The highest BCUT2D eigenvalue weighted by atomic mass is 32.2. The number of benzene rings is 2. The summed E-state index contributed by atoms with van der Waals surface area (Å²) < 4.78 is 1.94. The lowest BCUT2D eigenvalue weighted by Gasteiger charge is -2.21. The largest absolute Gasteiger partial charge is 0.366 e. The molecule has 2 aromatic carbocycles. The second kappa shape index (κ2) is 9.99. The van der Waals surface area contributed by atoms with Crippen molar-refractivity contribution in [1.82, 2.24) is 14.8 Å². The average molecular weight is 450 g/mol. The van der Waals surface area contributed by atoms with Crippen LogP contribution in [0.3, 0.4) is 0 Å². The number of aromatic nitrogens is 3. The number of rotatable bonds is 7. The smallest absolute Gasteiger partial charge is 0.248 e. The monoisotopic (exact) mass is 449 g/mol. The van der Waals surface area contributed by atoms with E-state index in [1.807, 2.05) is 41.9 Å². The summed E-state index contributed by atoms with van der Waals surface area (Å²) in [5, 5.41) is 7.83. The number of carbonyl (C=O) groups excluding carboxylic acids is 2. The van der Waals surface area contributed by atoms with Gasteiger partial charge in [0, 0.05) is 17.2 Å². The van der Waals surface area contributed by atoms with Crippen LogP contribution in [0.2, 0.25) is 0 Å². The Kier molecular flexibility index (Phi) is 6.90. The molecule has 32 heavy (non-hydrogen) atoms. The van der Waals surface area contributed by atoms with Gasteiger partial charge in [0.15, 0.2) is 0 Å². The third-order valence-corrected chi connectivity index (χ3v) is 6.62. The molecular weight excluding hydrogens is 422 g/mol. The molecule has 166 valence electrons. The van der Waals surface area contributed by atoms with E-state index < -0.39 is 11.2 Å². The Morgan fingerprint density at radius 2 is 1.75 bits per heavy atom. The molecule has 3 aromatic rings. The normalized spacial score (nSPS) is 15.3. The number of primary amides is 1. The van der Waals surface area contributed by atoms with Gasteiger partial charge in [0.05, 0.1) is 10.9 Å². The molecule has 0 bridgehead atoms. The van der Waals surface area contributed by atoms with Crippen molar-refractivity contribution in [2.24, 2.45) is 5.73 Å². The predicted octanol–water partition coefficient (Wildman–Crippen LogP) is 4.53. The molecule has 4 rings (SSSR count). The van der Waals surface area contributed by atoms with Gasteiger partial charge in [-0.1, -0.05) is 49.2 Å². The van der Waals surface area contributed by atoms with E-state index in [4.69, 9.17) is 15.8 Å². The van der Waals surface area contributed by atoms with E-state index in [0.29, 0.717) is 22.3 Å². The van der Waals surface area contributed by atoms with E-state index in [-0.39, 0.29) is 5.91 Å². The van der Waals surface area contributed by atoms with Crippen LogP contribution in [-0.4, -0.2) is 31.8 Å². The topological polar surface area (TPSA) is 103 Å². The fourth-order valence-electron chi connectivity index (χ4n) is 3.91. The molecule has 7 nitrogen and oxygen atoms in total. The Hall–Kier alpha value is -3.13. The SMILES string of the molecule is C[C@@H](Sc1nc(C2CCCCC2)n(-c2ccccc2)n1)C(=O)Nc1ccc(C(N)=O)cc1. The molecule has 1 atom stereocenters. The van der Waals surface area contributed by atoms with Crippen LogP contribution >= 0.6 is 11.8 Å². The van der Waals surface area contributed by atoms with Gasteiger partial charge in [-0.05, 0) is 56.2 Å². The molecule has 1 aliphatic rings. The number of amides is 2. The van der Waals surface area contributed by atoms with Gasteiger partial charge in [0.25, 0.3) is 0 Å². The minimum Gasteiger partial charge on any atom is -0.366 e. The quantitative estimate of drug-likeness (QED) is 0.516. The molecule has 1 heterocycles. The molecule has 0 aliphatic heterocycles. The Morgan fingerprint density at radius 1 is 1.06 bits per heavy atom. The van der Waals surface area contributed by atoms with Crippen molar-refractivity contribution in [3.05, 3.63) is 66.0 Å². The van der Waals surface area contributed by atoms with E-state index in [1.54, 1.807) is 24.3 Å². The van der Waals surface area contributed by atoms with E-state index in [2.05, 4.69) is 5.32 Å². The van der Waals surface area contributed by atoms with Gasteiger partial charge in [0.2, 0.25) is 17.0 Å². The van der Waals surface area contributed by atoms with Crippen molar-refractivity contribution in [2.45, 2.75) is 55.4 Å². The van der Waals surface area contributed by atoms with Crippen molar-refractivity contribution < 1.29 is 9.59 Å². The summed E-state index contributed by atoms with van der Waals surface area (Å²) in [5.74, 6) is 0.713. The molecule has 3 N–H and O–H groups in total. The first-order valence-corrected chi connectivity index (χ1v) is 11.8. The molecule has 1 fully saturated rings. The second-order valence-electron chi connectivity index (χ2n) is 8.03. The number of anilines is 1. The number of nitrogens with two attached hydrogens (primary N) is 1. The summed E-state index contributed by atoms with van der Waals surface area (Å²) in [5.41, 5.74) is 7.26. The van der Waals surface area contributed by atoms with Crippen LogP contribution in [0.5, 0.6) is 0 Å². The molecule has 1 saturated carbocycles. The van der Waals surface area contributed by atoms with Gasteiger partial charge >= 0.3 is 0 Å². The molecule has 0 saturated heterocycles. The fraction of sp³-hybridized carbons (Fsp3) is 0.333. The third-order valence-electron chi connectivity index (χ3n) is 5.67. The number of para-hydroxylation sites is 1. The number of hydrogen-bond acceptors (Lipinski definition) is 5. The highest BCUT2D eigenvalue weighted by Gasteiger charge is 2.25. The van der Waals surface area contributed by atoms with Crippen LogP contribution in [0.4, 0.5) is 5.69 Å². The van der Waals surface area contributed by atoms with Crippen molar-refractivity contribution in [2.75, 3.05) is 5.32 Å². The summed E-state index contributed by atoms with van der Waals surface area (Å²) in [6, 6.07) is 16.5. The van der Waals surface area contributed by atoms with E-state index >= 15 is 0 Å².